The van der Waals surface area contributed by atoms with Crippen molar-refractivity contribution in [1.29, 1.82) is 0 Å². The smallest absolute Gasteiger partial charge is 0.138 e. The number of ketones is 1. The molecule has 0 unspecified atom stereocenters. The van der Waals surface area contributed by atoms with Gasteiger partial charge >= 0.3 is 0 Å². The van der Waals surface area contributed by atoms with Crippen LogP contribution in [0.25, 0.3) is 0 Å². The van der Waals surface area contributed by atoms with Crippen molar-refractivity contribution in [2.75, 3.05) is 6.54 Å². The molecule has 1 aromatic carbocycles. The summed E-state index contributed by atoms with van der Waals surface area (Å²) in [5.41, 5.74) is 1.06. The first kappa shape index (κ1) is 18.3. The molecule has 0 radical (unpaired) electrons. The van der Waals surface area contributed by atoms with Gasteiger partial charge in [-0.25, -0.2) is 0 Å². The maximum atomic E-state index is 12.6. The minimum atomic E-state index is -0.136. The largest absolute Gasteiger partial charge is 0.370 e. The normalized spacial score (nSPS) is 30.8. The van der Waals surface area contributed by atoms with Gasteiger partial charge in [-0.15, -0.1) is 6.58 Å². The first-order valence-corrected chi connectivity index (χ1v) is 9.51. The molecule has 0 aromatic heterocycles. The van der Waals surface area contributed by atoms with Crippen LogP contribution in [0.5, 0.6) is 0 Å². The van der Waals surface area contributed by atoms with E-state index in [0.717, 1.165) is 25.8 Å². The molecule has 1 heterocycles. The second-order valence-electron chi connectivity index (χ2n) is 8.27. The van der Waals surface area contributed by atoms with E-state index in [2.05, 4.69) is 44.4 Å². The molecule has 4 atom stereocenters. The summed E-state index contributed by atoms with van der Waals surface area (Å²) in [5.74, 6) is 1.09. The lowest BCUT2D eigenvalue weighted by Gasteiger charge is -2.57. The van der Waals surface area contributed by atoms with E-state index in [-0.39, 0.29) is 23.6 Å². The number of Topliss-reactive ketones (excluding diaryl/α,β-unsaturated/α-hetero) is 1. The Hall–Kier alpha value is -1.45. The average Bonchev–Trinajstić information content (AvgIpc) is 2.54. The van der Waals surface area contributed by atoms with Gasteiger partial charge in [0.2, 0.25) is 0 Å². The summed E-state index contributed by atoms with van der Waals surface area (Å²) in [6.07, 6.45) is 5.03. The molecule has 3 nitrogen and oxygen atoms in total. The van der Waals surface area contributed by atoms with Crippen LogP contribution in [0.3, 0.4) is 0 Å². The van der Waals surface area contributed by atoms with E-state index in [1.165, 1.54) is 5.56 Å². The molecule has 1 saturated heterocycles. The lowest BCUT2D eigenvalue weighted by atomic mass is 9.70. The van der Waals surface area contributed by atoms with Crippen molar-refractivity contribution in [1.82, 2.24) is 4.90 Å². The summed E-state index contributed by atoms with van der Waals surface area (Å²) in [5, 5.41) is 0. The van der Waals surface area contributed by atoms with Gasteiger partial charge in [0.25, 0.3) is 0 Å². The van der Waals surface area contributed by atoms with E-state index in [1.54, 1.807) is 0 Å². The Kier molecular flexibility index (Phi) is 5.45. The third kappa shape index (κ3) is 3.73. The highest BCUT2D eigenvalue weighted by atomic mass is 16.5. The number of rotatable bonds is 6. The highest BCUT2D eigenvalue weighted by molar-refractivity contribution is 5.83. The number of ether oxygens (including phenoxy) is 1. The van der Waals surface area contributed by atoms with Gasteiger partial charge in [0.05, 0.1) is 18.8 Å². The van der Waals surface area contributed by atoms with Crippen LogP contribution in [0.1, 0.15) is 45.6 Å². The molecule has 3 rings (SSSR count). The van der Waals surface area contributed by atoms with Crippen molar-refractivity contribution in [3.63, 3.8) is 0 Å². The molecular weight excluding hydrogens is 310 g/mol. The lowest BCUT2D eigenvalue weighted by molar-refractivity contribution is -0.156. The third-order valence-corrected chi connectivity index (χ3v) is 6.15. The van der Waals surface area contributed by atoms with Crippen molar-refractivity contribution in [2.24, 2.45) is 11.8 Å². The number of hydrogen-bond donors (Lipinski definition) is 0. The lowest BCUT2D eigenvalue weighted by Crippen LogP contribution is -2.69. The Labute approximate surface area is 152 Å². The van der Waals surface area contributed by atoms with E-state index in [9.17, 15) is 4.79 Å². The third-order valence-electron chi connectivity index (χ3n) is 6.15. The number of benzene rings is 1. The number of hydrogen-bond acceptors (Lipinski definition) is 3. The number of nitrogens with zero attached hydrogens (tertiary/aromatic N) is 1. The second kappa shape index (κ2) is 7.43. The Balaban J connectivity index is 1.61. The summed E-state index contributed by atoms with van der Waals surface area (Å²) < 4.78 is 6.13. The molecule has 0 N–H and O–H groups in total. The topological polar surface area (TPSA) is 29.5 Å². The number of carbonyl (C=O) groups is 1. The molecule has 136 valence electrons. The van der Waals surface area contributed by atoms with Gasteiger partial charge < -0.3 is 4.74 Å². The van der Waals surface area contributed by atoms with E-state index in [0.29, 0.717) is 18.3 Å². The maximum Gasteiger partial charge on any atom is 0.138 e. The summed E-state index contributed by atoms with van der Waals surface area (Å²) in [6.45, 7) is 12.1. The zero-order chi connectivity index (χ0) is 18.0. The van der Waals surface area contributed by atoms with Crippen LogP contribution < -0.4 is 0 Å². The molecule has 25 heavy (non-hydrogen) atoms. The molecule has 3 heteroatoms. The Morgan fingerprint density at radius 1 is 1.28 bits per heavy atom. The highest BCUT2D eigenvalue weighted by Gasteiger charge is 2.50. The van der Waals surface area contributed by atoms with Crippen LogP contribution in [-0.2, 0) is 16.1 Å². The van der Waals surface area contributed by atoms with Crippen molar-refractivity contribution in [3.8, 4) is 0 Å². The molecule has 1 aliphatic heterocycles. The molecule has 0 amide bonds. The quantitative estimate of drug-likeness (QED) is 0.725. The van der Waals surface area contributed by atoms with Crippen LogP contribution in [0.15, 0.2) is 43.0 Å². The van der Waals surface area contributed by atoms with E-state index in [1.807, 2.05) is 24.3 Å². The Bertz CT molecular complexity index is 610. The molecule has 0 spiro atoms. The summed E-state index contributed by atoms with van der Waals surface area (Å²) in [7, 11) is 0. The van der Waals surface area contributed by atoms with Crippen molar-refractivity contribution < 1.29 is 9.53 Å². The Morgan fingerprint density at radius 3 is 2.64 bits per heavy atom. The molecule has 2 fully saturated rings. The van der Waals surface area contributed by atoms with Crippen LogP contribution in [0.4, 0.5) is 0 Å². The van der Waals surface area contributed by atoms with E-state index in [4.69, 9.17) is 4.74 Å². The summed E-state index contributed by atoms with van der Waals surface area (Å²) >= 11 is 0. The first-order valence-electron chi connectivity index (χ1n) is 9.51. The highest BCUT2D eigenvalue weighted by Crippen LogP contribution is 2.41. The van der Waals surface area contributed by atoms with Gasteiger partial charge in [-0.1, -0.05) is 43.3 Å². The molecule has 2 aliphatic rings. The molecule has 0 bridgehead atoms. The van der Waals surface area contributed by atoms with Crippen molar-refractivity contribution in [3.05, 3.63) is 48.6 Å². The van der Waals surface area contributed by atoms with Crippen LogP contribution in [0.2, 0.25) is 0 Å². The predicted molar refractivity (Wildman–Crippen MR) is 101 cm³/mol. The number of likely N-dealkylation sites (tertiary alicyclic amines) is 1. The van der Waals surface area contributed by atoms with Gasteiger partial charge in [-0.05, 0) is 38.2 Å². The predicted octanol–water partition coefficient (Wildman–Crippen LogP) is 4.23. The fourth-order valence-corrected chi connectivity index (χ4v) is 4.46. The van der Waals surface area contributed by atoms with Gasteiger partial charge in [-0.2, -0.15) is 0 Å². The fraction of sp³-hybridized carbons (Fsp3) is 0.591. The van der Waals surface area contributed by atoms with Gasteiger partial charge in [0.15, 0.2) is 0 Å². The summed E-state index contributed by atoms with van der Waals surface area (Å²) in [6, 6.07) is 10.5. The van der Waals surface area contributed by atoms with Gasteiger partial charge in [0, 0.05) is 24.4 Å². The van der Waals surface area contributed by atoms with Crippen LogP contribution in [0, 0.1) is 11.8 Å². The zero-order valence-electron chi connectivity index (χ0n) is 15.8. The SMILES string of the molecule is C=C[C@H]1[C@H](OCc2ccccc2)CN1C(C)(C)[C@@H]1CC[C@@H](C)CC1=O. The Morgan fingerprint density at radius 2 is 2.00 bits per heavy atom. The second-order valence-corrected chi connectivity index (χ2v) is 8.27. The minimum absolute atomic E-state index is 0.126. The van der Waals surface area contributed by atoms with Crippen molar-refractivity contribution >= 4 is 5.78 Å². The molecule has 1 aliphatic carbocycles. The molecule has 1 saturated carbocycles. The van der Waals surface area contributed by atoms with Gasteiger partial charge in [-0.3, -0.25) is 9.69 Å². The monoisotopic (exact) mass is 341 g/mol. The maximum absolute atomic E-state index is 12.6. The number of carbonyl (C=O) groups excluding carboxylic acids is 1. The molecular formula is C22H31NO2. The van der Waals surface area contributed by atoms with Crippen LogP contribution in [-0.4, -0.2) is 34.9 Å². The van der Waals surface area contributed by atoms with Crippen molar-refractivity contribution in [2.45, 2.75) is 64.3 Å². The average molecular weight is 341 g/mol. The standard InChI is InChI=1S/C22H31NO2/c1-5-19-21(25-15-17-9-7-6-8-10-17)14-23(19)22(3,4)18-12-11-16(2)13-20(18)24/h5-10,16,18-19,21H,1,11-15H2,2-4H3/t16-,18-,19+,21-/m1/s1. The first-order chi connectivity index (χ1) is 11.9. The molecule has 1 aromatic rings. The van der Waals surface area contributed by atoms with E-state index < -0.39 is 0 Å². The fourth-order valence-electron chi connectivity index (χ4n) is 4.46. The summed E-state index contributed by atoms with van der Waals surface area (Å²) in [4.78, 5) is 15.0. The van der Waals surface area contributed by atoms with Crippen LogP contribution >= 0.6 is 0 Å². The zero-order valence-corrected chi connectivity index (χ0v) is 15.8. The van der Waals surface area contributed by atoms with E-state index >= 15 is 0 Å². The minimum Gasteiger partial charge on any atom is -0.370 e. The van der Waals surface area contributed by atoms with Gasteiger partial charge in [0.1, 0.15) is 5.78 Å².